The average molecular weight is 431 g/mol. The van der Waals surface area contributed by atoms with Crippen LogP contribution in [0.1, 0.15) is 54.4 Å². The predicted octanol–water partition coefficient (Wildman–Crippen LogP) is 3.86. The Bertz CT molecular complexity index is 951. The molecular weight excluding hydrogens is 400 g/mol. The molecule has 1 aliphatic carbocycles. The molecule has 6 nitrogen and oxygen atoms in total. The summed E-state index contributed by atoms with van der Waals surface area (Å²) < 4.78 is 27.9. The summed E-state index contributed by atoms with van der Waals surface area (Å²) in [6, 6.07) is 13.0. The van der Waals surface area contributed by atoms with E-state index < -0.39 is 10.0 Å². The third kappa shape index (κ3) is 5.61. The number of sulfonamides is 1. The number of aliphatic hydroxyl groups is 1. The maximum absolute atomic E-state index is 12.7. The van der Waals surface area contributed by atoms with E-state index in [1.54, 1.807) is 12.1 Å². The van der Waals surface area contributed by atoms with E-state index >= 15 is 0 Å². The molecule has 0 bridgehead atoms. The zero-order chi connectivity index (χ0) is 21.6. The van der Waals surface area contributed by atoms with Gasteiger partial charge in [0.25, 0.3) is 15.9 Å². The Balaban J connectivity index is 1.69. The second-order valence-corrected chi connectivity index (χ2v) is 9.62. The van der Waals surface area contributed by atoms with Crippen molar-refractivity contribution in [2.75, 3.05) is 11.3 Å². The first kappa shape index (κ1) is 22.3. The standard InChI is InChI=1S/C23H30N2O4S/c1-17-7-5-6-10-21(17)25-30(28,29)20-13-11-19(12-14-20)23(27)24-22(15-16-26)18-8-3-2-4-9-18/h5-7,10-14,18,22,25-26H,2-4,8-9,15-16H2,1H3,(H,24,27)/t22-/m0/s1. The van der Waals surface area contributed by atoms with Crippen LogP contribution < -0.4 is 10.0 Å². The molecule has 3 rings (SSSR count). The summed E-state index contributed by atoms with van der Waals surface area (Å²) in [6.45, 7) is 1.86. The van der Waals surface area contributed by atoms with E-state index in [0.29, 0.717) is 23.6 Å². The fraction of sp³-hybridized carbons (Fsp3) is 0.435. The molecule has 1 saturated carbocycles. The fourth-order valence-electron chi connectivity index (χ4n) is 4.03. The lowest BCUT2D eigenvalue weighted by atomic mass is 9.82. The van der Waals surface area contributed by atoms with Gasteiger partial charge in [0.05, 0.1) is 10.6 Å². The number of hydrogen-bond acceptors (Lipinski definition) is 4. The number of rotatable bonds is 8. The quantitative estimate of drug-likeness (QED) is 0.593. The van der Waals surface area contributed by atoms with Crippen molar-refractivity contribution in [1.29, 1.82) is 0 Å². The predicted molar refractivity (Wildman–Crippen MR) is 118 cm³/mol. The van der Waals surface area contributed by atoms with Crippen LogP contribution in [-0.2, 0) is 10.0 Å². The van der Waals surface area contributed by atoms with Gasteiger partial charge in [0, 0.05) is 18.2 Å². The molecule has 0 saturated heterocycles. The highest BCUT2D eigenvalue weighted by Crippen LogP contribution is 2.28. The van der Waals surface area contributed by atoms with E-state index in [2.05, 4.69) is 10.0 Å². The van der Waals surface area contributed by atoms with Crippen LogP contribution in [0.4, 0.5) is 5.69 Å². The summed E-state index contributed by atoms with van der Waals surface area (Å²) in [5, 5.41) is 12.4. The van der Waals surface area contributed by atoms with Gasteiger partial charge in [-0.2, -0.15) is 0 Å². The van der Waals surface area contributed by atoms with Crippen molar-refractivity contribution in [3.8, 4) is 0 Å². The van der Waals surface area contributed by atoms with Gasteiger partial charge in [0.15, 0.2) is 0 Å². The van der Waals surface area contributed by atoms with Crippen LogP contribution in [0.25, 0.3) is 0 Å². The Morgan fingerprint density at radius 1 is 1.07 bits per heavy atom. The number of nitrogens with one attached hydrogen (secondary N) is 2. The van der Waals surface area contributed by atoms with Crippen LogP contribution in [0.2, 0.25) is 0 Å². The normalized spacial score (nSPS) is 16.1. The molecule has 1 aliphatic rings. The van der Waals surface area contributed by atoms with Gasteiger partial charge in [-0.15, -0.1) is 0 Å². The first-order valence-corrected chi connectivity index (χ1v) is 12.0. The summed E-state index contributed by atoms with van der Waals surface area (Å²) in [5.41, 5.74) is 1.76. The van der Waals surface area contributed by atoms with Crippen LogP contribution in [0.3, 0.4) is 0 Å². The third-order valence-electron chi connectivity index (χ3n) is 5.79. The second kappa shape index (κ2) is 10.1. The van der Waals surface area contributed by atoms with Crippen LogP contribution in [-0.4, -0.2) is 32.1 Å². The summed E-state index contributed by atoms with van der Waals surface area (Å²) in [4.78, 5) is 12.8. The molecule has 1 fully saturated rings. The highest BCUT2D eigenvalue weighted by atomic mass is 32.2. The summed E-state index contributed by atoms with van der Waals surface area (Å²) in [7, 11) is -3.74. The molecule has 0 unspecified atom stereocenters. The Kier molecular flexibility index (Phi) is 7.50. The average Bonchev–Trinajstić information content (AvgIpc) is 2.75. The van der Waals surface area contributed by atoms with Crippen molar-refractivity contribution in [3.05, 3.63) is 59.7 Å². The summed E-state index contributed by atoms with van der Waals surface area (Å²) in [6.07, 6.45) is 6.19. The minimum absolute atomic E-state index is 0.0310. The minimum Gasteiger partial charge on any atom is -0.396 e. The van der Waals surface area contributed by atoms with Crippen LogP contribution in [0.5, 0.6) is 0 Å². The summed E-state index contributed by atoms with van der Waals surface area (Å²) in [5.74, 6) is 0.141. The Morgan fingerprint density at radius 3 is 2.37 bits per heavy atom. The zero-order valence-electron chi connectivity index (χ0n) is 17.3. The van der Waals surface area contributed by atoms with Crippen molar-refractivity contribution in [2.24, 2.45) is 5.92 Å². The lowest BCUT2D eigenvalue weighted by molar-refractivity contribution is 0.0899. The van der Waals surface area contributed by atoms with Gasteiger partial charge in [-0.05, 0) is 68.0 Å². The topological polar surface area (TPSA) is 95.5 Å². The molecule has 0 radical (unpaired) electrons. The van der Waals surface area contributed by atoms with E-state index in [-0.39, 0.29) is 23.5 Å². The van der Waals surface area contributed by atoms with Crippen LogP contribution in [0.15, 0.2) is 53.4 Å². The molecule has 2 aromatic carbocycles. The number of hydrogen-bond donors (Lipinski definition) is 3. The molecule has 1 atom stereocenters. The third-order valence-corrected chi connectivity index (χ3v) is 7.17. The van der Waals surface area contributed by atoms with Gasteiger partial charge in [0.2, 0.25) is 0 Å². The smallest absolute Gasteiger partial charge is 0.261 e. The number of aryl methyl sites for hydroxylation is 1. The molecular formula is C23H30N2O4S. The number of amides is 1. The number of benzene rings is 2. The minimum atomic E-state index is -3.74. The molecule has 0 spiro atoms. The Hall–Kier alpha value is -2.38. The van der Waals surface area contributed by atoms with E-state index in [9.17, 15) is 18.3 Å². The van der Waals surface area contributed by atoms with Gasteiger partial charge in [-0.3, -0.25) is 9.52 Å². The molecule has 0 aromatic heterocycles. The van der Waals surface area contributed by atoms with E-state index in [0.717, 1.165) is 31.2 Å². The van der Waals surface area contributed by atoms with E-state index in [4.69, 9.17) is 0 Å². The SMILES string of the molecule is Cc1ccccc1NS(=O)(=O)c1ccc(C(=O)N[C@@H](CCO)C2CCCCC2)cc1. The van der Waals surface area contributed by atoms with Gasteiger partial charge in [-0.25, -0.2) is 8.42 Å². The van der Waals surface area contributed by atoms with E-state index in [1.807, 2.05) is 19.1 Å². The number of anilines is 1. The molecule has 1 amide bonds. The lowest BCUT2D eigenvalue weighted by Gasteiger charge is -2.30. The maximum atomic E-state index is 12.7. The number of carbonyl (C=O) groups excluding carboxylic acids is 1. The molecule has 3 N–H and O–H groups in total. The molecule has 162 valence electrons. The van der Waals surface area contributed by atoms with Gasteiger partial charge >= 0.3 is 0 Å². The molecule has 7 heteroatoms. The Labute approximate surface area is 178 Å². The second-order valence-electron chi connectivity index (χ2n) is 7.94. The fourth-order valence-corrected chi connectivity index (χ4v) is 5.16. The van der Waals surface area contributed by atoms with Crippen LogP contribution >= 0.6 is 0 Å². The highest BCUT2D eigenvalue weighted by Gasteiger charge is 2.25. The zero-order valence-corrected chi connectivity index (χ0v) is 18.1. The van der Waals surface area contributed by atoms with Crippen molar-refractivity contribution >= 4 is 21.6 Å². The van der Waals surface area contributed by atoms with Crippen molar-refractivity contribution in [1.82, 2.24) is 5.32 Å². The monoisotopic (exact) mass is 430 g/mol. The first-order chi connectivity index (χ1) is 14.4. The highest BCUT2D eigenvalue weighted by molar-refractivity contribution is 7.92. The number of para-hydroxylation sites is 1. The lowest BCUT2D eigenvalue weighted by Crippen LogP contribution is -2.41. The van der Waals surface area contributed by atoms with Crippen LogP contribution in [0, 0.1) is 12.8 Å². The maximum Gasteiger partial charge on any atom is 0.261 e. The van der Waals surface area contributed by atoms with Crippen molar-refractivity contribution in [2.45, 2.75) is 56.4 Å². The molecule has 2 aromatic rings. The largest absolute Gasteiger partial charge is 0.396 e. The van der Waals surface area contributed by atoms with Gasteiger partial charge in [0.1, 0.15) is 0 Å². The Morgan fingerprint density at radius 2 is 1.73 bits per heavy atom. The molecule has 30 heavy (non-hydrogen) atoms. The van der Waals surface area contributed by atoms with Gasteiger partial charge < -0.3 is 10.4 Å². The van der Waals surface area contributed by atoms with Crippen molar-refractivity contribution < 1.29 is 18.3 Å². The van der Waals surface area contributed by atoms with E-state index in [1.165, 1.54) is 30.7 Å². The first-order valence-electron chi connectivity index (χ1n) is 10.5. The molecule has 0 heterocycles. The molecule has 0 aliphatic heterocycles. The van der Waals surface area contributed by atoms with Gasteiger partial charge in [-0.1, -0.05) is 37.5 Å². The van der Waals surface area contributed by atoms with Crippen molar-refractivity contribution in [3.63, 3.8) is 0 Å². The number of carbonyl (C=O) groups is 1. The number of aliphatic hydroxyl groups excluding tert-OH is 1. The summed E-state index contributed by atoms with van der Waals surface area (Å²) >= 11 is 0.